The number of hydrogen-bond donors (Lipinski definition) is 0. The van der Waals surface area contributed by atoms with Crippen LogP contribution in [0.15, 0.2) is 6.33 Å². The monoisotopic (exact) mass is 325 g/mol. The fourth-order valence-electron chi connectivity index (χ4n) is 3.10. The van der Waals surface area contributed by atoms with Crippen LogP contribution in [-0.4, -0.2) is 56.7 Å². The lowest BCUT2D eigenvalue weighted by Crippen LogP contribution is -2.57. The number of halogens is 1. The summed E-state index contributed by atoms with van der Waals surface area (Å²) in [5.74, 6) is 0.570. The first-order valence-corrected chi connectivity index (χ1v) is 7.82. The van der Waals surface area contributed by atoms with E-state index in [9.17, 15) is 4.79 Å². The number of carbonyl (C=O) groups is 1. The second-order valence-corrected chi connectivity index (χ2v) is 7.07. The van der Waals surface area contributed by atoms with Gasteiger partial charge in [-0.25, -0.2) is 14.8 Å². The minimum Gasteiger partial charge on any atom is -0.444 e. The zero-order valence-corrected chi connectivity index (χ0v) is 13.7. The summed E-state index contributed by atoms with van der Waals surface area (Å²) in [6, 6.07) is 0.258. The Labute approximate surface area is 134 Å². The van der Waals surface area contributed by atoms with Gasteiger partial charge in [0.15, 0.2) is 0 Å². The Morgan fingerprint density at radius 1 is 1.27 bits per heavy atom. The highest BCUT2D eigenvalue weighted by Gasteiger charge is 2.44. The summed E-state index contributed by atoms with van der Waals surface area (Å²) in [4.78, 5) is 28.5. The normalized spacial score (nSPS) is 24.5. The summed E-state index contributed by atoms with van der Waals surface area (Å²) in [7, 11) is 0. The summed E-state index contributed by atoms with van der Waals surface area (Å²) < 4.78 is 5.52. The van der Waals surface area contributed by atoms with Crippen molar-refractivity contribution < 1.29 is 9.53 Å². The second-order valence-electron chi connectivity index (χ2n) is 6.73. The number of carbonyl (C=O) groups excluding carboxylic acids is 1. The molecule has 0 aliphatic carbocycles. The zero-order valence-electron chi connectivity index (χ0n) is 13.0. The summed E-state index contributed by atoms with van der Waals surface area (Å²) in [6.45, 7) is 7.04. The van der Waals surface area contributed by atoms with E-state index < -0.39 is 5.60 Å². The van der Waals surface area contributed by atoms with Crippen molar-refractivity contribution in [3.05, 3.63) is 11.6 Å². The molecule has 2 fully saturated rings. The lowest BCUT2D eigenvalue weighted by Gasteiger charge is -2.41. The van der Waals surface area contributed by atoms with Crippen molar-refractivity contribution in [3.63, 3.8) is 0 Å². The SMILES string of the molecule is CC(C)(C)OC(=O)N1C2CCC1CN(c1ncnc(Cl)n1)C2. The summed E-state index contributed by atoms with van der Waals surface area (Å²) in [5.41, 5.74) is -0.477. The van der Waals surface area contributed by atoms with Crippen LogP contribution in [0.2, 0.25) is 5.28 Å². The van der Waals surface area contributed by atoms with Gasteiger partial charge in [0.2, 0.25) is 11.2 Å². The molecule has 3 heterocycles. The average Bonchev–Trinajstić information content (AvgIpc) is 2.68. The van der Waals surface area contributed by atoms with Gasteiger partial charge in [0.05, 0.1) is 12.1 Å². The third-order valence-corrected chi connectivity index (χ3v) is 4.08. The Morgan fingerprint density at radius 3 is 2.45 bits per heavy atom. The lowest BCUT2D eigenvalue weighted by atomic mass is 10.2. The summed E-state index contributed by atoms with van der Waals surface area (Å²) in [6.07, 6.45) is 3.12. The van der Waals surface area contributed by atoms with Crippen LogP contribution in [0, 0.1) is 0 Å². The molecule has 2 unspecified atom stereocenters. The molecule has 1 amide bonds. The molecule has 1 aromatic rings. The predicted octanol–water partition coefficient (Wildman–Crippen LogP) is 2.11. The topological polar surface area (TPSA) is 71.5 Å². The van der Waals surface area contributed by atoms with Crippen molar-refractivity contribution in [2.45, 2.75) is 51.3 Å². The van der Waals surface area contributed by atoms with Gasteiger partial charge in [-0.3, -0.25) is 4.90 Å². The Hall–Kier alpha value is -1.63. The van der Waals surface area contributed by atoms with Crippen LogP contribution < -0.4 is 4.90 Å². The highest BCUT2D eigenvalue weighted by Crippen LogP contribution is 2.32. The van der Waals surface area contributed by atoms with Gasteiger partial charge in [-0.1, -0.05) is 0 Å². The molecule has 0 radical (unpaired) electrons. The number of piperazine rings is 1. The molecule has 0 aromatic carbocycles. The molecule has 120 valence electrons. The highest BCUT2D eigenvalue weighted by molar-refractivity contribution is 6.28. The molecule has 1 aromatic heterocycles. The fourth-order valence-corrected chi connectivity index (χ4v) is 3.22. The molecule has 2 saturated heterocycles. The van der Waals surface area contributed by atoms with E-state index in [0.717, 1.165) is 12.8 Å². The first kappa shape index (κ1) is 15.3. The molecule has 0 N–H and O–H groups in total. The highest BCUT2D eigenvalue weighted by atomic mass is 35.5. The van der Waals surface area contributed by atoms with Crippen molar-refractivity contribution in [2.24, 2.45) is 0 Å². The van der Waals surface area contributed by atoms with E-state index in [4.69, 9.17) is 16.3 Å². The Kier molecular flexibility index (Phi) is 3.84. The number of anilines is 1. The number of nitrogens with zero attached hydrogens (tertiary/aromatic N) is 5. The third-order valence-electron chi connectivity index (χ3n) is 3.90. The van der Waals surface area contributed by atoms with Gasteiger partial charge in [0.25, 0.3) is 0 Å². The molecule has 8 heteroatoms. The largest absolute Gasteiger partial charge is 0.444 e. The van der Waals surface area contributed by atoms with E-state index in [-0.39, 0.29) is 23.5 Å². The van der Waals surface area contributed by atoms with Crippen LogP contribution in [0.5, 0.6) is 0 Å². The lowest BCUT2D eigenvalue weighted by molar-refractivity contribution is 0.0122. The smallest absolute Gasteiger partial charge is 0.410 e. The maximum absolute atomic E-state index is 12.4. The molecule has 7 nitrogen and oxygen atoms in total. The van der Waals surface area contributed by atoms with Gasteiger partial charge in [-0.2, -0.15) is 4.98 Å². The van der Waals surface area contributed by atoms with E-state index in [1.807, 2.05) is 25.7 Å². The Morgan fingerprint density at radius 2 is 1.91 bits per heavy atom. The quantitative estimate of drug-likeness (QED) is 0.787. The number of hydrogen-bond acceptors (Lipinski definition) is 6. The van der Waals surface area contributed by atoms with Crippen molar-refractivity contribution in [1.29, 1.82) is 0 Å². The van der Waals surface area contributed by atoms with Crippen molar-refractivity contribution in [1.82, 2.24) is 19.9 Å². The maximum atomic E-state index is 12.4. The predicted molar refractivity (Wildman–Crippen MR) is 81.9 cm³/mol. The van der Waals surface area contributed by atoms with Gasteiger partial charge in [-0.15, -0.1) is 0 Å². The average molecular weight is 326 g/mol. The van der Waals surface area contributed by atoms with Gasteiger partial charge >= 0.3 is 6.09 Å². The van der Waals surface area contributed by atoms with Gasteiger partial charge < -0.3 is 9.64 Å². The minimum atomic E-state index is -0.477. The molecule has 0 spiro atoms. The van der Waals surface area contributed by atoms with E-state index in [2.05, 4.69) is 19.9 Å². The van der Waals surface area contributed by atoms with Gasteiger partial charge in [0, 0.05) is 13.1 Å². The first-order valence-electron chi connectivity index (χ1n) is 7.44. The molecular formula is C14H20ClN5O2. The molecule has 2 aliphatic rings. The van der Waals surface area contributed by atoms with Gasteiger partial charge in [-0.05, 0) is 45.2 Å². The standard InChI is InChI=1S/C14H20ClN5O2/c1-14(2,3)22-13(21)20-9-4-5-10(20)7-19(6-9)12-17-8-16-11(15)18-12/h8-10H,4-7H2,1-3H3. The number of ether oxygens (including phenoxy) is 1. The van der Waals surface area contributed by atoms with Crippen LogP contribution in [0.4, 0.5) is 10.7 Å². The summed E-state index contributed by atoms with van der Waals surface area (Å²) in [5, 5.41) is 0.187. The molecule has 2 aliphatic heterocycles. The fraction of sp³-hybridized carbons (Fsp3) is 0.714. The van der Waals surface area contributed by atoms with Crippen molar-refractivity contribution >= 4 is 23.6 Å². The van der Waals surface area contributed by atoms with Crippen LogP contribution in [0.3, 0.4) is 0 Å². The molecule has 2 bridgehead atoms. The Balaban J connectivity index is 1.73. The van der Waals surface area contributed by atoms with E-state index in [1.54, 1.807) is 0 Å². The van der Waals surface area contributed by atoms with Crippen LogP contribution in [0.25, 0.3) is 0 Å². The number of fused-ring (bicyclic) bond motifs is 2. The van der Waals surface area contributed by atoms with E-state index in [1.165, 1.54) is 6.33 Å². The van der Waals surface area contributed by atoms with E-state index in [0.29, 0.717) is 19.0 Å². The molecular weight excluding hydrogens is 306 g/mol. The van der Waals surface area contributed by atoms with E-state index >= 15 is 0 Å². The first-order chi connectivity index (χ1) is 10.3. The zero-order chi connectivity index (χ0) is 15.9. The molecule has 0 saturated carbocycles. The van der Waals surface area contributed by atoms with Crippen molar-refractivity contribution in [2.75, 3.05) is 18.0 Å². The van der Waals surface area contributed by atoms with Crippen molar-refractivity contribution in [3.8, 4) is 0 Å². The molecule has 22 heavy (non-hydrogen) atoms. The molecule has 3 rings (SSSR count). The minimum absolute atomic E-state index is 0.129. The summed E-state index contributed by atoms with van der Waals surface area (Å²) >= 11 is 5.83. The molecule has 2 atom stereocenters. The number of amides is 1. The van der Waals surface area contributed by atoms with Gasteiger partial charge in [0.1, 0.15) is 11.9 Å². The number of rotatable bonds is 1. The number of aromatic nitrogens is 3. The van der Waals surface area contributed by atoms with Crippen LogP contribution in [-0.2, 0) is 4.74 Å². The Bertz CT molecular complexity index is 563. The second kappa shape index (κ2) is 5.53. The van der Waals surface area contributed by atoms with Crippen LogP contribution >= 0.6 is 11.6 Å². The maximum Gasteiger partial charge on any atom is 0.410 e. The third kappa shape index (κ3) is 3.09. The van der Waals surface area contributed by atoms with Crippen LogP contribution in [0.1, 0.15) is 33.6 Å².